The minimum Gasteiger partial charge on any atom is -0.301 e. The lowest BCUT2D eigenvalue weighted by Gasteiger charge is -2.22. The maximum absolute atomic E-state index is 13.1. The molecule has 0 heterocycles. The van der Waals surface area contributed by atoms with E-state index < -0.39 is 55.6 Å². The third-order valence-electron chi connectivity index (χ3n) is 1.91. The molecule has 0 fully saturated rings. The van der Waals surface area contributed by atoms with Gasteiger partial charge in [0.1, 0.15) is 11.6 Å². The molecule has 0 radical (unpaired) electrons. The maximum Gasteiger partial charge on any atom is 0.416 e. The molecule has 3 nitrogen and oxygen atoms in total. The van der Waals surface area contributed by atoms with Crippen LogP contribution in [0.15, 0.2) is 17.0 Å². The Bertz CT molecular complexity index is 578. The number of rotatable bonds is 4. The van der Waals surface area contributed by atoms with Crippen LogP contribution >= 0.6 is 11.8 Å². The summed E-state index contributed by atoms with van der Waals surface area (Å²) in [6.45, 7) is 6.43. The van der Waals surface area contributed by atoms with E-state index in [1.165, 1.54) is 0 Å². The normalized spacial score (nSPS) is 13.9. The van der Waals surface area contributed by atoms with Crippen LogP contribution in [-0.2, 0) is 11.1 Å². The molecule has 0 aromatic heterocycles. The third kappa shape index (κ3) is 3.08. The van der Waals surface area contributed by atoms with Crippen molar-refractivity contribution in [2.45, 2.75) is 15.4 Å². The number of hydrogen-bond acceptors (Lipinski definition) is 2. The molecule has 0 aliphatic heterocycles. The van der Waals surface area contributed by atoms with Crippen LogP contribution in [0.5, 0.6) is 0 Å². The van der Waals surface area contributed by atoms with Crippen molar-refractivity contribution in [1.82, 2.24) is 0 Å². The van der Waals surface area contributed by atoms with Gasteiger partial charge in [0.05, 0.1) is 6.57 Å². The van der Waals surface area contributed by atoms with Gasteiger partial charge in [-0.2, -0.15) is 17.6 Å². The fourth-order valence-corrected chi connectivity index (χ4v) is 2.30. The van der Waals surface area contributed by atoms with Gasteiger partial charge < -0.3 is 4.55 Å². The lowest BCUT2D eigenvalue weighted by atomic mass is 10.3. The van der Waals surface area contributed by atoms with E-state index in [4.69, 9.17) is 11.1 Å². The molecule has 0 saturated heterocycles. The highest BCUT2D eigenvalue weighted by atomic mass is 32.2. The van der Waals surface area contributed by atoms with Gasteiger partial charge in [-0.3, -0.25) is 0 Å². The van der Waals surface area contributed by atoms with Crippen LogP contribution in [0.1, 0.15) is 0 Å². The molecule has 0 saturated carbocycles. The molecule has 1 aromatic rings. The average molecular weight is 335 g/mol. The standard InChI is InChI=1S/C9H3F6NO2S2/c1-16-7-5(10)2-4(3-6(7)11)19-8(12,13)9(14,15)20(17)18/h2-3H,(H,17,18). The van der Waals surface area contributed by atoms with Gasteiger partial charge in [0.2, 0.25) is 11.1 Å². The molecular formula is C9H3F6NO2S2. The van der Waals surface area contributed by atoms with Crippen molar-refractivity contribution in [1.29, 1.82) is 0 Å². The Hall–Kier alpha value is -1.25. The average Bonchev–Trinajstić information content (AvgIpc) is 2.27. The molecule has 0 aliphatic rings. The van der Waals surface area contributed by atoms with Crippen LogP contribution in [-0.4, -0.2) is 19.3 Å². The zero-order chi connectivity index (χ0) is 15.7. The molecule has 0 spiro atoms. The van der Waals surface area contributed by atoms with Gasteiger partial charge >= 0.3 is 10.5 Å². The Balaban J connectivity index is 3.18. The van der Waals surface area contributed by atoms with Crippen molar-refractivity contribution in [3.63, 3.8) is 0 Å². The topological polar surface area (TPSA) is 41.7 Å². The molecule has 1 atom stereocenters. The minimum atomic E-state index is -5.32. The van der Waals surface area contributed by atoms with Crippen molar-refractivity contribution >= 4 is 28.5 Å². The maximum atomic E-state index is 13.1. The smallest absolute Gasteiger partial charge is 0.301 e. The first kappa shape index (κ1) is 16.8. The zero-order valence-electron chi connectivity index (χ0n) is 9.04. The first-order valence-electron chi connectivity index (χ1n) is 4.45. The summed E-state index contributed by atoms with van der Waals surface area (Å²) in [6.07, 6.45) is 0. The van der Waals surface area contributed by atoms with Gasteiger partial charge in [-0.15, -0.1) is 0 Å². The molecule has 0 bridgehead atoms. The number of nitrogens with zero attached hydrogens (tertiary/aromatic N) is 1. The fraction of sp³-hybridized carbons (Fsp3) is 0.222. The van der Waals surface area contributed by atoms with Crippen LogP contribution in [0.4, 0.5) is 32.0 Å². The Morgan fingerprint density at radius 1 is 1.20 bits per heavy atom. The summed E-state index contributed by atoms with van der Waals surface area (Å²) >= 11 is -5.17. The number of halogens is 6. The zero-order valence-corrected chi connectivity index (χ0v) is 10.7. The largest absolute Gasteiger partial charge is 0.416 e. The first-order chi connectivity index (χ1) is 9.02. The van der Waals surface area contributed by atoms with E-state index >= 15 is 0 Å². The molecule has 0 aliphatic carbocycles. The lowest BCUT2D eigenvalue weighted by Crippen LogP contribution is -2.41. The van der Waals surface area contributed by atoms with Crippen molar-refractivity contribution in [2.24, 2.45) is 0 Å². The highest BCUT2D eigenvalue weighted by Crippen LogP contribution is 2.48. The summed E-state index contributed by atoms with van der Waals surface area (Å²) in [4.78, 5) is 1.49. The first-order valence-corrected chi connectivity index (χ1v) is 6.37. The van der Waals surface area contributed by atoms with Crippen LogP contribution in [0, 0.1) is 18.2 Å². The van der Waals surface area contributed by atoms with Crippen molar-refractivity contribution < 1.29 is 35.1 Å². The Morgan fingerprint density at radius 3 is 2.00 bits per heavy atom. The van der Waals surface area contributed by atoms with E-state index in [0.717, 1.165) is 0 Å². The van der Waals surface area contributed by atoms with Gasteiger partial charge in [-0.05, 0) is 23.9 Å². The number of benzene rings is 1. The summed E-state index contributed by atoms with van der Waals surface area (Å²) < 4.78 is 96.4. The molecule has 0 amide bonds. The van der Waals surface area contributed by atoms with Crippen molar-refractivity contribution in [2.75, 3.05) is 0 Å². The van der Waals surface area contributed by atoms with Gasteiger partial charge in [-0.1, -0.05) is 0 Å². The van der Waals surface area contributed by atoms with E-state index in [2.05, 4.69) is 4.85 Å². The second-order valence-electron chi connectivity index (χ2n) is 3.23. The van der Waals surface area contributed by atoms with Gasteiger partial charge in [0.15, 0.2) is 0 Å². The number of hydrogen-bond donors (Lipinski definition) is 1. The molecule has 1 aromatic carbocycles. The summed E-state index contributed by atoms with van der Waals surface area (Å²) in [5.74, 6) is -3.02. The Morgan fingerprint density at radius 2 is 1.65 bits per heavy atom. The molecule has 11 heteroatoms. The lowest BCUT2D eigenvalue weighted by molar-refractivity contribution is -0.0907. The summed E-state index contributed by atoms with van der Waals surface area (Å²) in [7, 11) is 0. The highest BCUT2D eigenvalue weighted by Gasteiger charge is 2.62. The molecule has 1 unspecified atom stereocenters. The molecule has 20 heavy (non-hydrogen) atoms. The monoisotopic (exact) mass is 335 g/mol. The van der Waals surface area contributed by atoms with Gasteiger partial charge in [-0.25, -0.2) is 17.8 Å². The number of thioether (sulfide) groups is 1. The van der Waals surface area contributed by atoms with E-state index in [-0.39, 0.29) is 12.1 Å². The van der Waals surface area contributed by atoms with E-state index in [0.29, 0.717) is 0 Å². The summed E-state index contributed by atoms with van der Waals surface area (Å²) in [6, 6.07) is 0.511. The van der Waals surface area contributed by atoms with E-state index in [1.54, 1.807) is 0 Å². The third-order valence-corrected chi connectivity index (χ3v) is 3.71. The molecule has 110 valence electrons. The van der Waals surface area contributed by atoms with Crippen LogP contribution in [0.25, 0.3) is 4.85 Å². The summed E-state index contributed by atoms with van der Waals surface area (Å²) in [5, 5.41) is -10.4. The van der Waals surface area contributed by atoms with Crippen LogP contribution in [0.2, 0.25) is 0 Å². The molecular weight excluding hydrogens is 332 g/mol. The number of alkyl halides is 4. The SMILES string of the molecule is [C-]#[N+]c1c(F)cc(SC(F)(F)C(F)(F)S(=O)O)cc1F. The van der Waals surface area contributed by atoms with E-state index in [1.807, 2.05) is 0 Å². The molecule has 1 N–H and O–H groups in total. The quantitative estimate of drug-likeness (QED) is 0.391. The highest BCUT2D eigenvalue weighted by molar-refractivity contribution is 8.01. The van der Waals surface area contributed by atoms with Crippen LogP contribution < -0.4 is 0 Å². The van der Waals surface area contributed by atoms with Crippen LogP contribution in [0.3, 0.4) is 0 Å². The van der Waals surface area contributed by atoms with E-state index in [9.17, 15) is 30.6 Å². The summed E-state index contributed by atoms with van der Waals surface area (Å²) in [5.41, 5.74) is -1.07. The second-order valence-corrected chi connectivity index (χ2v) is 5.43. The predicted molar refractivity (Wildman–Crippen MR) is 59.1 cm³/mol. The van der Waals surface area contributed by atoms with Crippen molar-refractivity contribution in [3.8, 4) is 0 Å². The van der Waals surface area contributed by atoms with Gasteiger partial charge in [0.25, 0.3) is 5.69 Å². The Kier molecular flexibility index (Phi) is 4.73. The minimum absolute atomic E-state index is 0.255. The second kappa shape index (κ2) is 5.63. The fourth-order valence-electron chi connectivity index (χ4n) is 1.02. The van der Waals surface area contributed by atoms with Crippen molar-refractivity contribution in [3.05, 3.63) is 35.2 Å². The Labute approximate surface area is 115 Å². The van der Waals surface area contributed by atoms with Gasteiger partial charge in [0, 0.05) is 4.90 Å². The predicted octanol–water partition coefficient (Wildman–Crippen LogP) is 4.01. The molecule has 1 rings (SSSR count).